The van der Waals surface area contributed by atoms with Gasteiger partial charge in [-0.1, -0.05) is 102 Å². The van der Waals surface area contributed by atoms with Crippen molar-refractivity contribution in [1.29, 1.82) is 0 Å². The predicted molar refractivity (Wildman–Crippen MR) is 184 cm³/mol. The lowest BCUT2D eigenvalue weighted by molar-refractivity contribution is -0.164. The van der Waals surface area contributed by atoms with Crippen LogP contribution in [0.4, 0.5) is 0 Å². The predicted octanol–water partition coefficient (Wildman–Crippen LogP) is 6.84. The van der Waals surface area contributed by atoms with E-state index in [1.165, 1.54) is 23.6 Å². The first-order valence-electron chi connectivity index (χ1n) is 15.7. The highest BCUT2D eigenvalue weighted by Gasteiger charge is 2.56. The van der Waals surface area contributed by atoms with Gasteiger partial charge in [0.15, 0.2) is 18.2 Å². The number of amides is 1. The van der Waals surface area contributed by atoms with E-state index in [0.717, 1.165) is 27.8 Å². The van der Waals surface area contributed by atoms with Crippen LogP contribution in [0.15, 0.2) is 88.8 Å². The highest BCUT2D eigenvalue weighted by atomic mass is 32.2. The van der Waals surface area contributed by atoms with E-state index >= 15 is 0 Å². The number of carbonyl (C=O) groups is 3. The number of phenolic OH excluding ortho intramolecular Hbond substituents is 1. The lowest BCUT2D eigenvalue weighted by Crippen LogP contribution is -2.69. The molecule has 0 spiro atoms. The Bertz CT molecular complexity index is 1630. The molecule has 3 atom stereocenters. The topological polar surface area (TPSA) is 106 Å². The molecule has 1 fully saturated rings. The first kappa shape index (κ1) is 34.0. The maximum absolute atomic E-state index is 14.1. The van der Waals surface area contributed by atoms with Gasteiger partial charge in [0.1, 0.15) is 17.7 Å². The molecule has 9 heteroatoms. The van der Waals surface area contributed by atoms with Crippen molar-refractivity contribution < 1.29 is 29.0 Å². The Morgan fingerprint density at radius 2 is 1.47 bits per heavy atom. The third-order valence-corrected chi connectivity index (χ3v) is 9.48. The number of fused-ring (bicyclic) bond motifs is 1. The van der Waals surface area contributed by atoms with E-state index < -0.39 is 35.5 Å². The fourth-order valence-electron chi connectivity index (χ4n) is 5.79. The number of benzene rings is 3. The van der Waals surface area contributed by atoms with Gasteiger partial charge >= 0.3 is 11.9 Å². The average Bonchev–Trinajstić information content (AvgIpc) is 3.02. The zero-order valence-electron chi connectivity index (χ0n) is 27.9. The van der Waals surface area contributed by atoms with Crippen molar-refractivity contribution in [3.05, 3.63) is 112 Å². The first-order valence-corrected chi connectivity index (χ1v) is 16.6. The third-order valence-electron chi connectivity index (χ3n) is 8.28. The van der Waals surface area contributed by atoms with Gasteiger partial charge in [-0.3, -0.25) is 14.6 Å². The van der Waals surface area contributed by atoms with E-state index in [4.69, 9.17) is 14.5 Å². The molecule has 2 heterocycles. The van der Waals surface area contributed by atoms with Crippen molar-refractivity contribution in [2.45, 2.75) is 82.9 Å². The molecule has 1 saturated heterocycles. The fourth-order valence-corrected chi connectivity index (χ4v) is 6.99. The van der Waals surface area contributed by atoms with Crippen molar-refractivity contribution in [2.75, 3.05) is 6.61 Å². The maximum Gasteiger partial charge on any atom is 0.334 e. The van der Waals surface area contributed by atoms with Gasteiger partial charge in [-0.2, -0.15) is 0 Å². The summed E-state index contributed by atoms with van der Waals surface area (Å²) in [4.78, 5) is 45.7. The van der Waals surface area contributed by atoms with E-state index in [2.05, 4.69) is 0 Å². The first-order chi connectivity index (χ1) is 22.2. The second-order valence-electron chi connectivity index (χ2n) is 14.0. The molecule has 1 N–H and O–H groups in total. The van der Waals surface area contributed by atoms with Crippen molar-refractivity contribution in [3.8, 4) is 5.75 Å². The van der Waals surface area contributed by atoms with Gasteiger partial charge in [-0.15, -0.1) is 11.8 Å². The van der Waals surface area contributed by atoms with Crippen LogP contribution in [0.1, 0.15) is 82.4 Å². The summed E-state index contributed by atoms with van der Waals surface area (Å²) < 4.78 is 11.5. The molecule has 0 radical (unpaired) electrons. The lowest BCUT2D eigenvalue weighted by atomic mass is 9.78. The molecule has 3 aromatic rings. The van der Waals surface area contributed by atoms with Crippen LogP contribution in [0.3, 0.4) is 0 Å². The zero-order chi connectivity index (χ0) is 34.1. The van der Waals surface area contributed by atoms with E-state index in [-0.39, 0.29) is 29.1 Å². The number of carbonyl (C=O) groups excluding carboxylic acids is 3. The van der Waals surface area contributed by atoms with Crippen LogP contribution in [0.5, 0.6) is 5.75 Å². The van der Waals surface area contributed by atoms with Crippen LogP contribution in [0.2, 0.25) is 0 Å². The Labute approximate surface area is 280 Å². The highest BCUT2D eigenvalue weighted by molar-refractivity contribution is 8.03. The summed E-state index contributed by atoms with van der Waals surface area (Å²) in [5.41, 5.74) is 3.78. The summed E-state index contributed by atoms with van der Waals surface area (Å²) in [5.74, 6) is -1.17. The highest BCUT2D eigenvalue weighted by Crippen LogP contribution is 2.43. The Morgan fingerprint density at radius 1 is 0.936 bits per heavy atom. The van der Waals surface area contributed by atoms with Crippen LogP contribution in [-0.4, -0.2) is 58.1 Å². The minimum atomic E-state index is -1.08. The summed E-state index contributed by atoms with van der Waals surface area (Å²) in [6.45, 7) is 13.4. The average molecular weight is 655 g/mol. The quantitative estimate of drug-likeness (QED) is 0.161. The fraction of sp³-hybridized carbons (Fsp3) is 0.368. The number of esters is 2. The third kappa shape index (κ3) is 7.30. The van der Waals surface area contributed by atoms with Gasteiger partial charge in [0, 0.05) is 29.8 Å². The molecule has 0 saturated carbocycles. The molecule has 47 heavy (non-hydrogen) atoms. The summed E-state index contributed by atoms with van der Waals surface area (Å²) in [6, 6.07) is 20.9. The molecule has 246 valence electrons. The Hall–Kier alpha value is -4.37. The molecule has 3 aromatic carbocycles. The lowest BCUT2D eigenvalue weighted by Gasteiger charge is -2.50. The van der Waals surface area contributed by atoms with E-state index in [1.54, 1.807) is 11.6 Å². The van der Waals surface area contributed by atoms with Gasteiger partial charge in [0.05, 0.1) is 0 Å². The van der Waals surface area contributed by atoms with E-state index in [9.17, 15) is 19.5 Å². The van der Waals surface area contributed by atoms with Crippen LogP contribution < -0.4 is 0 Å². The standard InChI is InChI=1S/C38H42N2O6S/c1-23(41)45-21-27-22-47-35-30(39-20-24-18-28(37(2,3)4)32(42)29(19-24)38(5,6)7)34(43)40(35)31(27)36(44)46-33(25-14-10-8-11-15-25)26-16-12-9-13-17-26/h8-20,22,30-31,33,35,42H,21H2,1-7H3/t30-,31?,35-/m1/s1. The Morgan fingerprint density at radius 3 is 1.96 bits per heavy atom. The van der Waals surface area contributed by atoms with Gasteiger partial charge in [0.25, 0.3) is 5.91 Å². The van der Waals surface area contributed by atoms with Gasteiger partial charge in [-0.25, -0.2) is 4.79 Å². The number of hydrogen-bond donors (Lipinski definition) is 1. The zero-order valence-corrected chi connectivity index (χ0v) is 28.7. The van der Waals surface area contributed by atoms with Crippen LogP contribution in [-0.2, 0) is 34.7 Å². The van der Waals surface area contributed by atoms with Crippen LogP contribution >= 0.6 is 11.8 Å². The number of β-lactam (4-membered cyclic amide) rings is 1. The maximum atomic E-state index is 14.1. The monoisotopic (exact) mass is 654 g/mol. The largest absolute Gasteiger partial charge is 0.507 e. The van der Waals surface area contributed by atoms with Crippen LogP contribution in [0, 0.1) is 0 Å². The molecular formula is C38H42N2O6S. The molecule has 8 nitrogen and oxygen atoms in total. The number of aromatic hydroxyl groups is 1. The number of nitrogens with zero attached hydrogens (tertiary/aromatic N) is 2. The molecule has 0 aliphatic carbocycles. The molecule has 2 aliphatic rings. The summed E-state index contributed by atoms with van der Waals surface area (Å²) in [7, 11) is 0. The molecule has 1 unspecified atom stereocenters. The summed E-state index contributed by atoms with van der Waals surface area (Å²) >= 11 is 1.36. The molecule has 5 rings (SSSR count). The van der Waals surface area contributed by atoms with Crippen molar-refractivity contribution in [1.82, 2.24) is 4.90 Å². The molecule has 2 aliphatic heterocycles. The molecule has 1 amide bonds. The number of ether oxygens (including phenoxy) is 2. The number of hydrogen-bond acceptors (Lipinski definition) is 8. The Kier molecular flexibility index (Phi) is 9.68. The van der Waals surface area contributed by atoms with Crippen LogP contribution in [0.25, 0.3) is 0 Å². The summed E-state index contributed by atoms with van der Waals surface area (Å²) in [6.07, 6.45) is 0.970. The van der Waals surface area contributed by atoms with Crippen molar-refractivity contribution >= 4 is 35.8 Å². The second-order valence-corrected chi connectivity index (χ2v) is 15.0. The van der Waals surface area contributed by atoms with Gasteiger partial charge in [-0.05, 0) is 45.1 Å². The smallest absolute Gasteiger partial charge is 0.334 e. The number of rotatable bonds is 8. The number of thioether (sulfide) groups is 1. The van der Waals surface area contributed by atoms with E-state index in [0.29, 0.717) is 5.57 Å². The number of aliphatic imine (C=N–C) groups is 1. The van der Waals surface area contributed by atoms with Gasteiger partial charge in [0.2, 0.25) is 0 Å². The second kappa shape index (κ2) is 13.4. The summed E-state index contributed by atoms with van der Waals surface area (Å²) in [5, 5.41) is 12.4. The molecule has 0 aromatic heterocycles. The number of phenols is 1. The normalized spacial score (nSPS) is 19.7. The molecular weight excluding hydrogens is 612 g/mol. The van der Waals surface area contributed by atoms with E-state index in [1.807, 2.05) is 114 Å². The minimum Gasteiger partial charge on any atom is -0.507 e. The minimum absolute atomic E-state index is 0.146. The molecule has 0 bridgehead atoms. The SMILES string of the molecule is CC(=O)OCC1=CS[C@@H]2[C@H](N=Cc3cc(C(C)(C)C)c(O)c(C(C)(C)C)c3)C(=O)N2C1C(=O)OC(c1ccccc1)c1ccccc1. The Balaban J connectivity index is 1.45. The van der Waals surface area contributed by atoms with Crippen molar-refractivity contribution in [2.24, 2.45) is 4.99 Å². The van der Waals surface area contributed by atoms with Gasteiger partial charge < -0.3 is 19.5 Å². The van der Waals surface area contributed by atoms with Crippen molar-refractivity contribution in [3.63, 3.8) is 0 Å².